The van der Waals surface area contributed by atoms with Crippen molar-refractivity contribution in [2.75, 3.05) is 6.54 Å². The Kier molecular flexibility index (Phi) is 6.65. The summed E-state index contributed by atoms with van der Waals surface area (Å²) in [6, 6.07) is 10.4. The van der Waals surface area contributed by atoms with E-state index in [4.69, 9.17) is 14.7 Å². The second kappa shape index (κ2) is 8.91. The summed E-state index contributed by atoms with van der Waals surface area (Å²) >= 11 is 0. The number of halogens is 1. The number of carbonyl (C=O) groups is 1. The van der Waals surface area contributed by atoms with E-state index in [-0.39, 0.29) is 23.9 Å². The van der Waals surface area contributed by atoms with Gasteiger partial charge in [0.05, 0.1) is 16.6 Å². The number of sulfonamides is 1. The van der Waals surface area contributed by atoms with Crippen molar-refractivity contribution in [2.24, 2.45) is 0 Å². The van der Waals surface area contributed by atoms with E-state index in [1.54, 1.807) is 32.9 Å². The number of ether oxygens (including phenoxy) is 2. The Labute approximate surface area is 180 Å². The third-order valence-electron chi connectivity index (χ3n) is 5.00. The van der Waals surface area contributed by atoms with Crippen LogP contribution >= 0.6 is 0 Å². The summed E-state index contributed by atoms with van der Waals surface area (Å²) in [6.07, 6.45) is -0.453. The van der Waals surface area contributed by atoms with Crippen molar-refractivity contribution >= 4 is 15.9 Å². The lowest BCUT2D eigenvalue weighted by atomic mass is 9.95. The number of nitrogens with zero attached hydrogens (tertiary/aromatic N) is 1. The van der Waals surface area contributed by atoms with Crippen molar-refractivity contribution in [3.05, 3.63) is 59.9 Å². The van der Waals surface area contributed by atoms with Crippen LogP contribution in [0.15, 0.2) is 53.4 Å². The van der Waals surface area contributed by atoms with Crippen molar-refractivity contribution in [1.82, 2.24) is 9.79 Å². The molecule has 2 aromatic carbocycles. The SMILES string of the molecule is C[C@H]1CN(S(=O)(=O)c2ccc(OCc3ccc(F)cc3)cc2)[C@@H](C(=O)NO)C(C)(C)O1. The van der Waals surface area contributed by atoms with Crippen molar-refractivity contribution < 1.29 is 32.3 Å². The summed E-state index contributed by atoms with van der Waals surface area (Å²) in [7, 11) is -4.07. The van der Waals surface area contributed by atoms with Crippen LogP contribution < -0.4 is 10.2 Å². The van der Waals surface area contributed by atoms with Crippen molar-refractivity contribution in [3.63, 3.8) is 0 Å². The van der Waals surface area contributed by atoms with Crippen LogP contribution in [0.1, 0.15) is 26.3 Å². The van der Waals surface area contributed by atoms with Gasteiger partial charge in [0.2, 0.25) is 10.0 Å². The highest BCUT2D eigenvalue weighted by atomic mass is 32.2. The summed E-state index contributed by atoms with van der Waals surface area (Å²) in [5.41, 5.74) is 1.14. The first-order valence-corrected chi connectivity index (χ1v) is 11.1. The van der Waals surface area contributed by atoms with Crippen LogP contribution in [-0.4, -0.2) is 48.1 Å². The summed E-state index contributed by atoms with van der Waals surface area (Å²) in [5.74, 6) is -0.782. The molecular formula is C21H25FN2O6S. The molecule has 1 fully saturated rings. The number of morpholine rings is 1. The van der Waals surface area contributed by atoms with E-state index in [1.165, 1.54) is 41.9 Å². The lowest BCUT2D eigenvalue weighted by molar-refractivity contribution is -0.167. The van der Waals surface area contributed by atoms with Gasteiger partial charge in [0.25, 0.3) is 5.91 Å². The summed E-state index contributed by atoms with van der Waals surface area (Å²) < 4.78 is 52.0. The van der Waals surface area contributed by atoms with E-state index in [0.29, 0.717) is 5.75 Å². The first-order valence-electron chi connectivity index (χ1n) is 9.65. The van der Waals surface area contributed by atoms with E-state index in [9.17, 15) is 17.6 Å². The molecule has 2 N–H and O–H groups in total. The predicted octanol–water partition coefficient (Wildman–Crippen LogP) is 2.47. The monoisotopic (exact) mass is 452 g/mol. The lowest BCUT2D eigenvalue weighted by Crippen LogP contribution is -2.65. The van der Waals surface area contributed by atoms with E-state index < -0.39 is 33.7 Å². The van der Waals surface area contributed by atoms with Crippen molar-refractivity contribution in [1.29, 1.82) is 0 Å². The summed E-state index contributed by atoms with van der Waals surface area (Å²) in [4.78, 5) is 12.3. The first-order chi connectivity index (χ1) is 14.5. The normalized spacial score (nSPS) is 21.5. The number of rotatable bonds is 6. The van der Waals surface area contributed by atoms with Crippen molar-refractivity contribution in [3.8, 4) is 5.75 Å². The molecule has 1 saturated heterocycles. The zero-order valence-corrected chi connectivity index (χ0v) is 18.2. The first kappa shape index (κ1) is 23.1. The molecule has 0 unspecified atom stereocenters. The van der Waals surface area contributed by atoms with Gasteiger partial charge in [0.15, 0.2) is 0 Å². The highest BCUT2D eigenvalue weighted by molar-refractivity contribution is 7.89. The highest BCUT2D eigenvalue weighted by Gasteiger charge is 2.50. The van der Waals surface area contributed by atoms with Crippen LogP contribution in [-0.2, 0) is 26.2 Å². The molecule has 1 aliphatic heterocycles. The van der Waals surface area contributed by atoms with E-state index in [0.717, 1.165) is 9.87 Å². The van der Waals surface area contributed by atoms with Crippen LogP contribution in [0.25, 0.3) is 0 Å². The molecule has 0 radical (unpaired) electrons. The molecule has 0 aromatic heterocycles. The van der Waals surface area contributed by atoms with Crippen LogP contribution in [0.3, 0.4) is 0 Å². The van der Waals surface area contributed by atoms with Gasteiger partial charge in [0.1, 0.15) is 24.2 Å². The number of amides is 1. The molecule has 168 valence electrons. The Morgan fingerprint density at radius 3 is 2.42 bits per heavy atom. The Morgan fingerprint density at radius 2 is 1.84 bits per heavy atom. The molecule has 31 heavy (non-hydrogen) atoms. The lowest BCUT2D eigenvalue weighted by Gasteiger charge is -2.46. The molecule has 0 saturated carbocycles. The zero-order valence-electron chi connectivity index (χ0n) is 17.4. The molecule has 0 aliphatic carbocycles. The third kappa shape index (κ3) is 5.04. The van der Waals surface area contributed by atoms with Gasteiger partial charge in [0, 0.05) is 6.54 Å². The minimum Gasteiger partial charge on any atom is -0.489 e. The smallest absolute Gasteiger partial charge is 0.264 e. The van der Waals surface area contributed by atoms with Crippen molar-refractivity contribution in [2.45, 2.75) is 50.0 Å². The molecule has 1 heterocycles. The minimum atomic E-state index is -4.07. The van der Waals surface area contributed by atoms with Gasteiger partial charge in [-0.1, -0.05) is 12.1 Å². The Balaban J connectivity index is 1.81. The molecule has 10 heteroatoms. The fourth-order valence-corrected chi connectivity index (χ4v) is 5.45. The Bertz CT molecular complexity index is 1020. The van der Waals surface area contributed by atoms with Gasteiger partial charge in [-0.05, 0) is 62.7 Å². The molecule has 2 atom stereocenters. The number of carbonyl (C=O) groups excluding carboxylic acids is 1. The van der Waals surface area contributed by atoms with Gasteiger partial charge >= 0.3 is 0 Å². The van der Waals surface area contributed by atoms with E-state index in [1.807, 2.05) is 0 Å². The van der Waals surface area contributed by atoms with Gasteiger partial charge in [-0.25, -0.2) is 18.3 Å². The number of benzene rings is 2. The summed E-state index contributed by atoms with van der Waals surface area (Å²) in [6.45, 7) is 5.05. The van der Waals surface area contributed by atoms with Crippen LogP contribution in [0.5, 0.6) is 5.75 Å². The maximum Gasteiger partial charge on any atom is 0.264 e. The van der Waals surface area contributed by atoms with E-state index in [2.05, 4.69) is 0 Å². The average Bonchev–Trinajstić information content (AvgIpc) is 2.72. The molecule has 8 nitrogen and oxygen atoms in total. The molecule has 1 aliphatic rings. The van der Waals surface area contributed by atoms with Gasteiger partial charge in [-0.2, -0.15) is 4.31 Å². The zero-order chi connectivity index (χ0) is 22.8. The molecule has 3 rings (SSSR count). The average molecular weight is 453 g/mol. The third-order valence-corrected chi connectivity index (χ3v) is 6.84. The molecular weight excluding hydrogens is 427 g/mol. The van der Waals surface area contributed by atoms with E-state index >= 15 is 0 Å². The maximum atomic E-state index is 13.3. The second-order valence-corrected chi connectivity index (χ2v) is 9.76. The number of hydroxylamine groups is 1. The van der Waals surface area contributed by atoms with Gasteiger partial charge in [-0.15, -0.1) is 0 Å². The minimum absolute atomic E-state index is 0.0257. The second-order valence-electron chi connectivity index (χ2n) is 7.87. The number of hydrogen-bond donors (Lipinski definition) is 2. The van der Waals surface area contributed by atoms with Gasteiger partial charge in [-0.3, -0.25) is 10.0 Å². The van der Waals surface area contributed by atoms with Crippen LogP contribution in [0.4, 0.5) is 4.39 Å². The predicted molar refractivity (Wildman–Crippen MR) is 109 cm³/mol. The largest absolute Gasteiger partial charge is 0.489 e. The fourth-order valence-electron chi connectivity index (χ4n) is 3.66. The maximum absolute atomic E-state index is 13.3. The number of nitrogens with one attached hydrogen (secondary N) is 1. The Hall–Kier alpha value is -2.53. The number of hydrogen-bond acceptors (Lipinski definition) is 6. The molecule has 2 aromatic rings. The fraction of sp³-hybridized carbons (Fsp3) is 0.381. The summed E-state index contributed by atoms with van der Waals surface area (Å²) in [5, 5.41) is 9.13. The Morgan fingerprint density at radius 1 is 1.23 bits per heavy atom. The topological polar surface area (TPSA) is 105 Å². The standard InChI is InChI=1S/C21H25FN2O6S/c1-14-12-24(19(20(25)23-26)21(2,3)30-14)31(27,28)18-10-8-17(9-11-18)29-13-15-4-6-16(22)7-5-15/h4-11,14,19,26H,12-13H2,1-3H3,(H,23,25)/t14-,19-/m0/s1. The molecule has 0 spiro atoms. The molecule has 1 amide bonds. The van der Waals surface area contributed by atoms with Gasteiger partial charge < -0.3 is 9.47 Å². The molecule has 0 bridgehead atoms. The van der Waals surface area contributed by atoms with Crippen LogP contribution in [0, 0.1) is 5.82 Å². The quantitative estimate of drug-likeness (QED) is 0.515. The highest BCUT2D eigenvalue weighted by Crippen LogP contribution is 2.33. The van der Waals surface area contributed by atoms with Crippen LogP contribution in [0.2, 0.25) is 0 Å².